The van der Waals surface area contributed by atoms with Crippen molar-refractivity contribution in [3.63, 3.8) is 0 Å². The van der Waals surface area contributed by atoms with E-state index in [1.807, 2.05) is 17.5 Å². The molecule has 1 aromatic heterocycles. The molecule has 30 heavy (non-hydrogen) atoms. The fourth-order valence-electron chi connectivity index (χ4n) is 2.92. The number of carbonyl (C=O) groups excluding carboxylic acids is 1. The van der Waals surface area contributed by atoms with Crippen LogP contribution in [0.3, 0.4) is 0 Å². The van der Waals surface area contributed by atoms with Gasteiger partial charge in [-0.05, 0) is 40.7 Å². The number of carbonyl (C=O) groups is 1. The molecule has 0 aliphatic heterocycles. The lowest BCUT2D eigenvalue weighted by molar-refractivity contribution is -0.142. The summed E-state index contributed by atoms with van der Waals surface area (Å²) < 4.78 is 4.94. The number of rotatable bonds is 7. The van der Waals surface area contributed by atoms with Gasteiger partial charge >= 0.3 is 5.97 Å². The monoisotopic (exact) mass is 421 g/mol. The maximum Gasteiger partial charge on any atom is 0.311 e. The van der Waals surface area contributed by atoms with Gasteiger partial charge < -0.3 is 4.74 Å². The maximum absolute atomic E-state index is 11.5. The summed E-state index contributed by atoms with van der Waals surface area (Å²) in [7, 11) is 0. The van der Waals surface area contributed by atoms with Crippen LogP contribution in [0.15, 0.2) is 59.0 Å². The minimum absolute atomic E-state index is 0.144. The van der Waals surface area contributed by atoms with Crippen molar-refractivity contribution in [2.45, 2.75) is 39.5 Å². The molecule has 1 N–H and O–H groups in total. The van der Waals surface area contributed by atoms with E-state index >= 15 is 0 Å². The lowest BCUT2D eigenvalue weighted by atomic mass is 9.86. The van der Waals surface area contributed by atoms with Crippen molar-refractivity contribution >= 4 is 28.7 Å². The van der Waals surface area contributed by atoms with Crippen LogP contribution in [-0.2, 0) is 21.4 Å². The molecule has 0 aliphatic carbocycles. The molecule has 0 fully saturated rings. The average Bonchev–Trinajstić information content (AvgIpc) is 3.15. The summed E-state index contributed by atoms with van der Waals surface area (Å²) in [4.78, 5) is 15.9. The third-order valence-corrected chi connectivity index (χ3v) is 5.32. The second-order valence-electron chi connectivity index (χ2n) is 7.95. The van der Waals surface area contributed by atoms with Gasteiger partial charge in [0.15, 0.2) is 0 Å². The summed E-state index contributed by atoms with van der Waals surface area (Å²) >= 11 is 1.40. The third-order valence-electron chi connectivity index (χ3n) is 4.53. The number of hydrogen-bond acceptors (Lipinski definition) is 6. The normalized spacial score (nSPS) is 11.6. The highest BCUT2D eigenvalue weighted by atomic mass is 32.1. The van der Waals surface area contributed by atoms with Crippen molar-refractivity contribution in [2.75, 3.05) is 12.0 Å². The van der Waals surface area contributed by atoms with Crippen LogP contribution < -0.4 is 5.43 Å². The van der Waals surface area contributed by atoms with Crippen LogP contribution in [0.1, 0.15) is 44.5 Å². The Balaban J connectivity index is 1.63. The Kier molecular flexibility index (Phi) is 7.00. The fraction of sp³-hybridized carbons (Fsp3) is 0.292. The molecule has 0 spiro atoms. The van der Waals surface area contributed by atoms with Gasteiger partial charge in [0.05, 0.1) is 24.9 Å². The third kappa shape index (κ3) is 6.00. The zero-order valence-corrected chi connectivity index (χ0v) is 18.6. The minimum Gasteiger partial charge on any atom is -0.466 e. The zero-order valence-electron chi connectivity index (χ0n) is 17.8. The first kappa shape index (κ1) is 21.7. The van der Waals surface area contributed by atoms with E-state index in [9.17, 15) is 4.79 Å². The minimum atomic E-state index is -0.273. The number of thiazole rings is 1. The Labute approximate surface area is 181 Å². The molecule has 2 aromatic carbocycles. The number of nitrogens with one attached hydrogen (secondary N) is 1. The van der Waals surface area contributed by atoms with Crippen molar-refractivity contribution in [3.8, 4) is 11.1 Å². The summed E-state index contributed by atoms with van der Waals surface area (Å²) in [6.45, 7) is 8.81. The molecule has 0 atom stereocenters. The number of esters is 1. The summed E-state index contributed by atoms with van der Waals surface area (Å²) in [6.07, 6.45) is 1.94. The fourth-order valence-corrected chi connectivity index (χ4v) is 3.58. The topological polar surface area (TPSA) is 63.6 Å². The first-order valence-electron chi connectivity index (χ1n) is 9.95. The van der Waals surface area contributed by atoms with Crippen molar-refractivity contribution in [1.29, 1.82) is 0 Å². The lowest BCUT2D eigenvalue weighted by Gasteiger charge is -2.19. The first-order chi connectivity index (χ1) is 14.3. The van der Waals surface area contributed by atoms with Crippen LogP contribution in [0.4, 0.5) is 5.13 Å². The van der Waals surface area contributed by atoms with Crippen molar-refractivity contribution in [1.82, 2.24) is 4.98 Å². The van der Waals surface area contributed by atoms with E-state index in [2.05, 4.69) is 72.7 Å². The van der Waals surface area contributed by atoms with Gasteiger partial charge in [-0.2, -0.15) is 5.10 Å². The van der Waals surface area contributed by atoms with E-state index in [-0.39, 0.29) is 17.8 Å². The number of anilines is 1. The molecular formula is C24H27N3O2S. The molecule has 0 saturated carbocycles. The number of benzene rings is 2. The Morgan fingerprint density at radius 1 is 1.17 bits per heavy atom. The summed E-state index contributed by atoms with van der Waals surface area (Å²) in [5, 5.41) is 6.75. The number of aromatic nitrogens is 1. The molecule has 3 rings (SSSR count). The molecule has 1 heterocycles. The van der Waals surface area contributed by atoms with Gasteiger partial charge in [0.2, 0.25) is 5.13 Å². The molecule has 5 nitrogen and oxygen atoms in total. The van der Waals surface area contributed by atoms with E-state index in [1.165, 1.54) is 22.5 Å². The average molecular weight is 422 g/mol. The van der Waals surface area contributed by atoms with Gasteiger partial charge in [0.1, 0.15) is 0 Å². The largest absolute Gasteiger partial charge is 0.466 e. The van der Waals surface area contributed by atoms with E-state index in [0.29, 0.717) is 17.4 Å². The smallest absolute Gasteiger partial charge is 0.311 e. The quantitative estimate of drug-likeness (QED) is 0.304. The summed E-state index contributed by atoms with van der Waals surface area (Å²) in [5.41, 5.74) is 8.38. The van der Waals surface area contributed by atoms with Gasteiger partial charge in [-0.1, -0.05) is 63.2 Å². The molecule has 0 amide bonds. The van der Waals surface area contributed by atoms with Crippen LogP contribution in [0.2, 0.25) is 0 Å². The molecule has 0 bridgehead atoms. The highest BCUT2D eigenvalue weighted by Crippen LogP contribution is 2.26. The Bertz CT molecular complexity index is 1020. The van der Waals surface area contributed by atoms with E-state index in [1.54, 1.807) is 13.1 Å². The van der Waals surface area contributed by atoms with Crippen LogP contribution in [0.25, 0.3) is 11.1 Å². The lowest BCUT2D eigenvalue weighted by Crippen LogP contribution is -2.10. The molecule has 6 heteroatoms. The SMILES string of the molecule is CCOC(=O)Cc1csc(NN=Cc2cccc(-c3ccc(C(C)(C)C)cc3)c2)n1. The summed E-state index contributed by atoms with van der Waals surface area (Å²) in [5.74, 6) is -0.273. The zero-order chi connectivity index (χ0) is 21.6. The number of nitrogens with zero attached hydrogens (tertiary/aromatic N) is 2. The van der Waals surface area contributed by atoms with Crippen molar-refractivity contribution < 1.29 is 9.53 Å². The van der Waals surface area contributed by atoms with Crippen molar-refractivity contribution in [3.05, 3.63) is 70.7 Å². The molecular weight excluding hydrogens is 394 g/mol. The maximum atomic E-state index is 11.5. The molecule has 0 unspecified atom stereocenters. The predicted octanol–water partition coefficient (Wildman–Crippen LogP) is 5.66. The van der Waals surface area contributed by atoms with E-state index < -0.39 is 0 Å². The van der Waals surface area contributed by atoms with Crippen LogP contribution in [0.5, 0.6) is 0 Å². The van der Waals surface area contributed by atoms with Gasteiger partial charge in [-0.3, -0.25) is 10.2 Å². The Hall–Kier alpha value is -2.99. The number of hydrogen-bond donors (Lipinski definition) is 1. The number of hydrazone groups is 1. The molecule has 156 valence electrons. The molecule has 0 aliphatic rings. The molecule has 0 radical (unpaired) electrons. The Morgan fingerprint density at radius 2 is 1.93 bits per heavy atom. The second kappa shape index (κ2) is 9.67. The van der Waals surface area contributed by atoms with Gasteiger partial charge in [0, 0.05) is 5.38 Å². The first-order valence-corrected chi connectivity index (χ1v) is 10.8. The van der Waals surface area contributed by atoms with Gasteiger partial charge in [0.25, 0.3) is 0 Å². The van der Waals surface area contributed by atoms with Gasteiger partial charge in [-0.15, -0.1) is 11.3 Å². The molecule has 3 aromatic rings. The highest BCUT2D eigenvalue weighted by molar-refractivity contribution is 7.13. The number of ether oxygens (including phenoxy) is 1. The van der Waals surface area contributed by atoms with Crippen LogP contribution >= 0.6 is 11.3 Å². The van der Waals surface area contributed by atoms with E-state index in [0.717, 1.165) is 11.1 Å². The summed E-state index contributed by atoms with van der Waals surface area (Å²) in [6, 6.07) is 16.9. The van der Waals surface area contributed by atoms with E-state index in [4.69, 9.17) is 4.74 Å². The van der Waals surface area contributed by atoms with Crippen LogP contribution in [0, 0.1) is 0 Å². The van der Waals surface area contributed by atoms with Gasteiger partial charge in [-0.25, -0.2) is 4.98 Å². The van der Waals surface area contributed by atoms with Crippen LogP contribution in [-0.4, -0.2) is 23.8 Å². The Morgan fingerprint density at radius 3 is 2.63 bits per heavy atom. The second-order valence-corrected chi connectivity index (χ2v) is 8.81. The standard InChI is InChI=1S/C24H27N3O2S/c1-5-29-22(28)14-21-16-30-23(26-21)27-25-15-17-7-6-8-19(13-17)18-9-11-20(12-10-18)24(2,3)4/h6-13,15-16H,5,14H2,1-4H3,(H,26,27). The highest BCUT2D eigenvalue weighted by Gasteiger charge is 2.13. The predicted molar refractivity (Wildman–Crippen MR) is 124 cm³/mol. The molecule has 0 saturated heterocycles. The van der Waals surface area contributed by atoms with Crippen molar-refractivity contribution in [2.24, 2.45) is 5.10 Å².